The van der Waals surface area contributed by atoms with Crippen molar-refractivity contribution in [2.75, 3.05) is 0 Å². The summed E-state index contributed by atoms with van der Waals surface area (Å²) in [5.74, 6) is 0.241. The maximum Gasteiger partial charge on any atom is 0.303 e. The van der Waals surface area contributed by atoms with Gasteiger partial charge in [0, 0.05) is 4.70 Å². The standard InChI is InChI=1S/C26H22O3S/c27-26(28)15-21-5-4-20-14-23(7-8-24(20)21)29-16-17-2-1-3-18(12-17)19-6-9-25-22(13-19)10-11-30-25/h1-3,6-14,21H,4-5,15-16H2,(H,27,28). The monoisotopic (exact) mass is 414 g/mol. The van der Waals surface area contributed by atoms with Crippen LogP contribution in [-0.2, 0) is 17.8 Å². The van der Waals surface area contributed by atoms with Gasteiger partial charge in [0.2, 0.25) is 0 Å². The fourth-order valence-electron chi connectivity index (χ4n) is 4.35. The smallest absolute Gasteiger partial charge is 0.303 e. The summed E-state index contributed by atoms with van der Waals surface area (Å²) in [7, 11) is 0. The highest BCUT2D eigenvalue weighted by Gasteiger charge is 2.24. The van der Waals surface area contributed by atoms with Crippen LogP contribution in [0.4, 0.5) is 0 Å². The molecule has 3 aromatic carbocycles. The molecule has 0 fully saturated rings. The maximum atomic E-state index is 11.0. The predicted molar refractivity (Wildman–Crippen MR) is 121 cm³/mol. The molecule has 1 unspecified atom stereocenters. The van der Waals surface area contributed by atoms with E-state index in [9.17, 15) is 4.79 Å². The first-order valence-electron chi connectivity index (χ1n) is 10.2. The molecule has 0 saturated heterocycles. The maximum absolute atomic E-state index is 11.0. The number of ether oxygens (including phenoxy) is 1. The zero-order valence-corrected chi connectivity index (χ0v) is 17.3. The van der Waals surface area contributed by atoms with E-state index in [0.717, 1.165) is 29.7 Å². The molecule has 0 spiro atoms. The van der Waals surface area contributed by atoms with Crippen molar-refractivity contribution >= 4 is 27.4 Å². The SMILES string of the molecule is O=C(O)CC1CCc2cc(OCc3cccc(-c4ccc5sccc5c4)c3)ccc21. The Kier molecular flexibility index (Phi) is 5.01. The van der Waals surface area contributed by atoms with E-state index in [1.165, 1.54) is 26.8 Å². The van der Waals surface area contributed by atoms with Crippen molar-refractivity contribution in [2.45, 2.75) is 31.8 Å². The topological polar surface area (TPSA) is 46.5 Å². The van der Waals surface area contributed by atoms with Crippen molar-refractivity contribution in [3.8, 4) is 16.9 Å². The number of aliphatic carboxylic acids is 1. The fourth-order valence-corrected chi connectivity index (χ4v) is 5.12. The van der Waals surface area contributed by atoms with Crippen molar-refractivity contribution in [1.29, 1.82) is 0 Å². The van der Waals surface area contributed by atoms with Crippen molar-refractivity contribution in [2.24, 2.45) is 0 Å². The molecule has 4 aromatic rings. The lowest BCUT2D eigenvalue weighted by Crippen LogP contribution is -2.03. The van der Waals surface area contributed by atoms with Crippen LogP contribution in [0.15, 0.2) is 72.1 Å². The van der Waals surface area contributed by atoms with Gasteiger partial charge in [-0.1, -0.05) is 30.3 Å². The molecule has 0 radical (unpaired) electrons. The molecule has 5 rings (SSSR count). The molecule has 30 heavy (non-hydrogen) atoms. The third kappa shape index (κ3) is 3.83. The van der Waals surface area contributed by atoms with E-state index in [1.807, 2.05) is 12.1 Å². The third-order valence-corrected chi connectivity index (χ3v) is 6.75. The quantitative estimate of drug-likeness (QED) is 0.384. The number of rotatable bonds is 6. The van der Waals surface area contributed by atoms with Gasteiger partial charge >= 0.3 is 5.97 Å². The number of aryl methyl sites for hydroxylation is 1. The van der Waals surface area contributed by atoms with E-state index in [2.05, 4.69) is 60.0 Å². The Morgan fingerprint density at radius 2 is 1.93 bits per heavy atom. The molecule has 1 aliphatic rings. The Balaban J connectivity index is 1.30. The first-order valence-corrected chi connectivity index (χ1v) is 11.1. The lowest BCUT2D eigenvalue weighted by atomic mass is 9.98. The van der Waals surface area contributed by atoms with Crippen molar-refractivity contribution in [3.05, 3.63) is 88.8 Å². The summed E-state index contributed by atoms with van der Waals surface area (Å²) in [6.07, 6.45) is 2.03. The summed E-state index contributed by atoms with van der Waals surface area (Å²) in [6.45, 7) is 0.506. The first kappa shape index (κ1) is 18.9. The summed E-state index contributed by atoms with van der Waals surface area (Å²) in [5, 5.41) is 12.5. The molecule has 0 bridgehead atoms. The van der Waals surface area contributed by atoms with Gasteiger partial charge in [-0.2, -0.15) is 0 Å². The average Bonchev–Trinajstić information content (AvgIpc) is 3.38. The Labute approximate surface area is 179 Å². The van der Waals surface area contributed by atoms with Crippen molar-refractivity contribution < 1.29 is 14.6 Å². The zero-order valence-electron chi connectivity index (χ0n) is 16.5. The van der Waals surface area contributed by atoms with E-state index in [1.54, 1.807) is 11.3 Å². The number of hydrogen-bond acceptors (Lipinski definition) is 3. The Morgan fingerprint density at radius 3 is 2.83 bits per heavy atom. The molecular formula is C26H22O3S. The number of benzene rings is 3. The van der Waals surface area contributed by atoms with E-state index in [0.29, 0.717) is 6.61 Å². The van der Waals surface area contributed by atoms with Crippen LogP contribution in [0.2, 0.25) is 0 Å². The van der Waals surface area contributed by atoms with Gasteiger partial charge in [-0.3, -0.25) is 4.79 Å². The molecule has 0 aliphatic heterocycles. The van der Waals surface area contributed by atoms with Gasteiger partial charge in [0.05, 0.1) is 6.42 Å². The lowest BCUT2D eigenvalue weighted by Gasteiger charge is -2.11. The van der Waals surface area contributed by atoms with Gasteiger partial charge in [-0.05, 0) is 93.7 Å². The van der Waals surface area contributed by atoms with E-state index < -0.39 is 5.97 Å². The Morgan fingerprint density at radius 1 is 1.03 bits per heavy atom. The molecule has 4 heteroatoms. The van der Waals surface area contributed by atoms with E-state index >= 15 is 0 Å². The molecule has 0 saturated carbocycles. The number of carbonyl (C=O) groups is 1. The molecule has 1 aliphatic carbocycles. The minimum atomic E-state index is -0.730. The van der Waals surface area contributed by atoms with Crippen LogP contribution in [0.25, 0.3) is 21.2 Å². The molecule has 1 N–H and O–H groups in total. The van der Waals surface area contributed by atoms with Gasteiger partial charge < -0.3 is 9.84 Å². The second kappa shape index (κ2) is 7.96. The van der Waals surface area contributed by atoms with Crippen LogP contribution in [0.3, 0.4) is 0 Å². The molecule has 150 valence electrons. The van der Waals surface area contributed by atoms with Crippen LogP contribution < -0.4 is 4.74 Å². The summed E-state index contributed by atoms with van der Waals surface area (Å²) < 4.78 is 7.37. The Hall–Kier alpha value is -3.11. The lowest BCUT2D eigenvalue weighted by molar-refractivity contribution is -0.137. The van der Waals surface area contributed by atoms with Gasteiger partial charge in [-0.15, -0.1) is 11.3 Å². The van der Waals surface area contributed by atoms with Gasteiger partial charge in [0.15, 0.2) is 0 Å². The number of carboxylic acid groups (broad SMARTS) is 1. The second-order valence-electron chi connectivity index (χ2n) is 7.86. The number of thiophene rings is 1. The van der Waals surface area contributed by atoms with Gasteiger partial charge in [0.1, 0.15) is 12.4 Å². The number of hydrogen-bond donors (Lipinski definition) is 1. The highest BCUT2D eigenvalue weighted by atomic mass is 32.1. The van der Waals surface area contributed by atoms with Crippen LogP contribution in [-0.4, -0.2) is 11.1 Å². The van der Waals surface area contributed by atoms with Crippen molar-refractivity contribution in [3.63, 3.8) is 0 Å². The van der Waals surface area contributed by atoms with Gasteiger partial charge in [-0.25, -0.2) is 0 Å². The molecule has 1 heterocycles. The summed E-state index contributed by atoms with van der Waals surface area (Å²) in [4.78, 5) is 11.0. The Bertz CT molecular complexity index is 1220. The largest absolute Gasteiger partial charge is 0.489 e. The van der Waals surface area contributed by atoms with E-state index in [-0.39, 0.29) is 12.3 Å². The fraction of sp³-hybridized carbons (Fsp3) is 0.192. The molecule has 3 nitrogen and oxygen atoms in total. The summed E-state index contributed by atoms with van der Waals surface area (Å²) in [5.41, 5.74) is 5.91. The molecule has 0 amide bonds. The molecular weight excluding hydrogens is 392 g/mol. The van der Waals surface area contributed by atoms with Crippen LogP contribution in [0, 0.1) is 0 Å². The third-order valence-electron chi connectivity index (χ3n) is 5.86. The van der Waals surface area contributed by atoms with Crippen LogP contribution >= 0.6 is 11.3 Å². The summed E-state index contributed by atoms with van der Waals surface area (Å²) in [6, 6.07) is 23.3. The number of carboxylic acids is 1. The highest BCUT2D eigenvalue weighted by Crippen LogP contribution is 2.37. The van der Waals surface area contributed by atoms with Gasteiger partial charge in [0.25, 0.3) is 0 Å². The highest BCUT2D eigenvalue weighted by molar-refractivity contribution is 7.17. The second-order valence-corrected chi connectivity index (χ2v) is 8.80. The van der Waals surface area contributed by atoms with E-state index in [4.69, 9.17) is 9.84 Å². The molecule has 1 atom stereocenters. The van der Waals surface area contributed by atoms with Crippen molar-refractivity contribution in [1.82, 2.24) is 0 Å². The first-order chi connectivity index (χ1) is 14.7. The normalized spacial score (nSPS) is 15.3. The zero-order chi connectivity index (χ0) is 20.5. The average molecular weight is 415 g/mol. The minimum absolute atomic E-state index is 0.129. The van der Waals surface area contributed by atoms with Crippen LogP contribution in [0.5, 0.6) is 5.75 Å². The number of fused-ring (bicyclic) bond motifs is 2. The minimum Gasteiger partial charge on any atom is -0.489 e. The summed E-state index contributed by atoms with van der Waals surface area (Å²) >= 11 is 1.76. The van der Waals surface area contributed by atoms with Crippen LogP contribution in [0.1, 0.15) is 35.4 Å². The predicted octanol–water partition coefficient (Wildman–Crippen LogP) is 6.65. The molecule has 1 aromatic heterocycles.